The van der Waals surface area contributed by atoms with Gasteiger partial charge < -0.3 is 5.11 Å². The molecule has 0 spiro atoms. The Morgan fingerprint density at radius 2 is 2.29 bits per heavy atom. The molecule has 0 aliphatic carbocycles. The van der Waals surface area contributed by atoms with Crippen molar-refractivity contribution in [1.82, 2.24) is 15.0 Å². The van der Waals surface area contributed by atoms with E-state index in [4.69, 9.17) is 5.11 Å². The maximum absolute atomic E-state index is 10.8. The minimum atomic E-state index is -1.04. The number of aromatic nitrogens is 3. The summed E-state index contributed by atoms with van der Waals surface area (Å²) < 4.78 is 0. The highest BCUT2D eigenvalue weighted by Gasteiger charge is 2.15. The second-order valence-corrected chi connectivity index (χ2v) is 3.28. The van der Waals surface area contributed by atoms with Crippen LogP contribution in [0.3, 0.4) is 0 Å². The summed E-state index contributed by atoms with van der Waals surface area (Å²) in [6.07, 6.45) is 2.94. The molecular weight excluding hydrogens is 202 g/mol. The smallest absolute Gasteiger partial charge is 0.356 e. The summed E-state index contributed by atoms with van der Waals surface area (Å²) in [5.41, 5.74) is 2.11. The minimum Gasteiger partial charge on any atom is -0.476 e. The summed E-state index contributed by atoms with van der Waals surface area (Å²) in [7, 11) is 0. The standard InChI is InChI=1S/C8H5N3O2S/c12-8(13)6-7(14-4-11-6)5-1-2-9-3-10-5/h1-4H,(H,12,13). The van der Waals surface area contributed by atoms with Crippen LogP contribution in [0.1, 0.15) is 10.5 Å². The van der Waals surface area contributed by atoms with Crippen molar-refractivity contribution in [1.29, 1.82) is 0 Å². The molecule has 1 N–H and O–H groups in total. The molecule has 0 aliphatic rings. The highest BCUT2D eigenvalue weighted by molar-refractivity contribution is 7.13. The SMILES string of the molecule is O=C(O)c1ncsc1-c1ccncn1. The van der Waals surface area contributed by atoms with Gasteiger partial charge in [0.2, 0.25) is 0 Å². The van der Waals surface area contributed by atoms with Crippen LogP contribution in [0.4, 0.5) is 0 Å². The van der Waals surface area contributed by atoms with Crippen molar-refractivity contribution < 1.29 is 9.90 Å². The Hall–Kier alpha value is -1.82. The number of aromatic carboxylic acids is 1. The molecule has 0 aliphatic heterocycles. The van der Waals surface area contributed by atoms with E-state index in [9.17, 15) is 4.79 Å². The minimum absolute atomic E-state index is 0.0358. The van der Waals surface area contributed by atoms with Gasteiger partial charge in [-0.2, -0.15) is 0 Å². The van der Waals surface area contributed by atoms with Crippen molar-refractivity contribution in [3.05, 3.63) is 29.8 Å². The van der Waals surface area contributed by atoms with Crippen LogP contribution in [0.5, 0.6) is 0 Å². The topological polar surface area (TPSA) is 76.0 Å². The van der Waals surface area contributed by atoms with Crippen LogP contribution in [0.2, 0.25) is 0 Å². The Morgan fingerprint density at radius 3 is 2.93 bits per heavy atom. The van der Waals surface area contributed by atoms with E-state index in [1.54, 1.807) is 12.3 Å². The third kappa shape index (κ3) is 1.47. The molecule has 0 amide bonds. The number of nitrogens with zero attached hydrogens (tertiary/aromatic N) is 3. The van der Waals surface area contributed by atoms with Gasteiger partial charge in [0, 0.05) is 6.20 Å². The number of carboxylic acids is 1. The van der Waals surface area contributed by atoms with Crippen molar-refractivity contribution in [2.24, 2.45) is 0 Å². The van der Waals surface area contributed by atoms with Crippen molar-refractivity contribution in [3.63, 3.8) is 0 Å². The van der Waals surface area contributed by atoms with Crippen LogP contribution in [-0.2, 0) is 0 Å². The average molecular weight is 207 g/mol. The summed E-state index contributed by atoms with van der Waals surface area (Å²) in [6, 6.07) is 1.65. The highest BCUT2D eigenvalue weighted by atomic mass is 32.1. The van der Waals surface area contributed by atoms with Gasteiger partial charge in [0.1, 0.15) is 6.33 Å². The fourth-order valence-corrected chi connectivity index (χ4v) is 1.76. The predicted octanol–water partition coefficient (Wildman–Crippen LogP) is 1.30. The summed E-state index contributed by atoms with van der Waals surface area (Å²) >= 11 is 1.25. The number of hydrogen-bond acceptors (Lipinski definition) is 5. The summed E-state index contributed by atoms with van der Waals surface area (Å²) in [6.45, 7) is 0. The van der Waals surface area contributed by atoms with E-state index in [-0.39, 0.29) is 5.69 Å². The van der Waals surface area contributed by atoms with Gasteiger partial charge in [-0.05, 0) is 6.07 Å². The summed E-state index contributed by atoms with van der Waals surface area (Å²) in [4.78, 5) is 22.8. The van der Waals surface area contributed by atoms with Crippen LogP contribution < -0.4 is 0 Å². The van der Waals surface area contributed by atoms with Gasteiger partial charge in [0.25, 0.3) is 0 Å². The molecule has 0 bridgehead atoms. The number of carboxylic acid groups (broad SMARTS) is 1. The number of carbonyl (C=O) groups is 1. The lowest BCUT2D eigenvalue weighted by Crippen LogP contribution is -1.98. The molecule has 0 radical (unpaired) electrons. The highest BCUT2D eigenvalue weighted by Crippen LogP contribution is 2.24. The maximum Gasteiger partial charge on any atom is 0.356 e. The molecule has 2 rings (SSSR count). The molecule has 0 fully saturated rings. The third-order valence-electron chi connectivity index (χ3n) is 1.58. The van der Waals surface area contributed by atoms with Gasteiger partial charge in [0.15, 0.2) is 5.69 Å². The zero-order chi connectivity index (χ0) is 9.97. The van der Waals surface area contributed by atoms with Gasteiger partial charge in [-0.25, -0.2) is 19.7 Å². The summed E-state index contributed by atoms with van der Waals surface area (Å²) in [5.74, 6) is -1.04. The van der Waals surface area contributed by atoms with Gasteiger partial charge in [-0.1, -0.05) is 0 Å². The molecule has 0 saturated carbocycles. The Kier molecular flexibility index (Phi) is 2.19. The van der Waals surface area contributed by atoms with Crippen LogP contribution >= 0.6 is 11.3 Å². The lowest BCUT2D eigenvalue weighted by molar-refractivity contribution is 0.0692. The molecule has 2 aromatic heterocycles. The van der Waals surface area contributed by atoms with Gasteiger partial charge in [-0.3, -0.25) is 0 Å². The van der Waals surface area contributed by atoms with Crippen molar-refractivity contribution in [2.45, 2.75) is 0 Å². The molecule has 0 atom stereocenters. The lowest BCUT2D eigenvalue weighted by Gasteiger charge is -1.95. The maximum atomic E-state index is 10.8. The molecule has 2 aromatic rings. The van der Waals surface area contributed by atoms with Gasteiger partial charge >= 0.3 is 5.97 Å². The van der Waals surface area contributed by atoms with E-state index in [2.05, 4.69) is 15.0 Å². The first-order valence-corrected chi connectivity index (χ1v) is 4.60. The van der Waals surface area contributed by atoms with Crippen molar-refractivity contribution in [3.8, 4) is 10.6 Å². The molecule has 14 heavy (non-hydrogen) atoms. The largest absolute Gasteiger partial charge is 0.476 e. The molecule has 6 heteroatoms. The van der Waals surface area contributed by atoms with Gasteiger partial charge in [0.05, 0.1) is 16.1 Å². The van der Waals surface area contributed by atoms with E-state index < -0.39 is 5.97 Å². The molecule has 0 saturated heterocycles. The van der Waals surface area contributed by atoms with Crippen LogP contribution in [0.25, 0.3) is 10.6 Å². The van der Waals surface area contributed by atoms with E-state index >= 15 is 0 Å². The molecule has 5 nitrogen and oxygen atoms in total. The number of hydrogen-bond donors (Lipinski definition) is 1. The zero-order valence-corrected chi connectivity index (χ0v) is 7.73. The third-order valence-corrected chi connectivity index (χ3v) is 2.43. The number of rotatable bonds is 2. The second-order valence-electron chi connectivity index (χ2n) is 2.43. The average Bonchev–Trinajstić information content (AvgIpc) is 2.67. The quantitative estimate of drug-likeness (QED) is 0.803. The van der Waals surface area contributed by atoms with E-state index in [0.717, 1.165) is 0 Å². The zero-order valence-electron chi connectivity index (χ0n) is 6.91. The van der Waals surface area contributed by atoms with Crippen molar-refractivity contribution in [2.75, 3.05) is 0 Å². The lowest BCUT2D eigenvalue weighted by atomic mass is 10.3. The van der Waals surface area contributed by atoms with Crippen LogP contribution in [-0.4, -0.2) is 26.0 Å². The van der Waals surface area contributed by atoms with E-state index in [1.165, 1.54) is 23.2 Å². The first-order chi connectivity index (χ1) is 6.79. The van der Waals surface area contributed by atoms with Crippen LogP contribution in [0.15, 0.2) is 24.1 Å². The first-order valence-electron chi connectivity index (χ1n) is 3.72. The molecule has 0 unspecified atom stereocenters. The fraction of sp³-hybridized carbons (Fsp3) is 0. The van der Waals surface area contributed by atoms with Gasteiger partial charge in [-0.15, -0.1) is 11.3 Å². The van der Waals surface area contributed by atoms with E-state index in [0.29, 0.717) is 10.6 Å². The Labute approximate surface area is 83.1 Å². The van der Waals surface area contributed by atoms with E-state index in [1.807, 2.05) is 0 Å². The first kappa shape index (κ1) is 8.76. The molecule has 70 valence electrons. The predicted molar refractivity (Wildman–Crippen MR) is 50.1 cm³/mol. The second kappa shape index (κ2) is 3.51. The fourth-order valence-electron chi connectivity index (χ4n) is 1.01. The summed E-state index contributed by atoms with van der Waals surface area (Å²) in [5, 5.41) is 8.82. The Bertz CT molecular complexity index is 455. The monoisotopic (exact) mass is 207 g/mol. The normalized spacial score (nSPS) is 10.0. The molecule has 2 heterocycles. The Morgan fingerprint density at radius 1 is 1.43 bits per heavy atom. The van der Waals surface area contributed by atoms with Crippen molar-refractivity contribution >= 4 is 17.3 Å². The molecule has 0 aromatic carbocycles. The Balaban J connectivity index is 2.52. The van der Waals surface area contributed by atoms with Crippen LogP contribution in [0, 0.1) is 0 Å². The molecular formula is C8H5N3O2S. The number of thiazole rings is 1.